The molecule has 29 heavy (non-hydrogen) atoms. The van der Waals surface area contributed by atoms with Crippen LogP contribution in [-0.4, -0.2) is 11.5 Å². The second-order valence-corrected chi connectivity index (χ2v) is 7.75. The van der Waals surface area contributed by atoms with Crippen LogP contribution in [0.15, 0.2) is 36.4 Å². The minimum atomic E-state index is 0.236. The molecule has 0 saturated carbocycles. The Balaban J connectivity index is 0.000000604. The highest BCUT2D eigenvalue weighted by atomic mass is 16.3. The molecule has 0 radical (unpaired) electrons. The maximum absolute atomic E-state index is 9.88. The van der Waals surface area contributed by atoms with Gasteiger partial charge in [0.1, 0.15) is 5.75 Å². The van der Waals surface area contributed by atoms with Crippen molar-refractivity contribution in [2.75, 3.05) is 0 Å². The Hall–Kier alpha value is -1.77. The van der Waals surface area contributed by atoms with E-state index in [0.29, 0.717) is 13.0 Å². The van der Waals surface area contributed by atoms with E-state index in [1.165, 1.54) is 89.9 Å². The molecule has 166 valence electrons. The zero-order chi connectivity index (χ0) is 21.4. The van der Waals surface area contributed by atoms with E-state index >= 15 is 0 Å². The Kier molecular flexibility index (Phi) is 21.1. The monoisotopic (exact) mass is 403 g/mol. The first-order valence-electron chi connectivity index (χ1n) is 11.8. The lowest BCUT2D eigenvalue weighted by molar-refractivity contribution is -0.109. The van der Waals surface area contributed by atoms with Crippen molar-refractivity contribution in [1.29, 1.82) is 0 Å². The number of phenols is 1. The van der Waals surface area contributed by atoms with Crippen LogP contribution in [0.25, 0.3) is 0 Å². The number of unbranched alkanes of at least 4 members (excludes halogenated alkanes) is 12. The molecule has 0 aliphatic heterocycles. The van der Waals surface area contributed by atoms with Crippen LogP contribution >= 0.6 is 0 Å². The van der Waals surface area contributed by atoms with Crippen LogP contribution in [0.1, 0.15) is 109 Å². The Morgan fingerprint density at radius 3 is 1.62 bits per heavy atom. The Bertz CT molecular complexity index is 464. The van der Waals surface area contributed by atoms with Crippen LogP contribution in [0.5, 0.6) is 5.75 Å². The fraction of sp³-hybridized carbons (Fsp3) is 0.654. The molecule has 1 rings (SSSR count). The number of rotatable bonds is 17. The molecule has 1 amide bonds. The second kappa shape index (κ2) is 22.5. The summed E-state index contributed by atoms with van der Waals surface area (Å²) in [6.45, 7) is 5.07. The number of aromatic hydroxyl groups is 1. The minimum absolute atomic E-state index is 0.236. The van der Waals surface area contributed by atoms with Gasteiger partial charge in [0.15, 0.2) is 0 Å². The van der Waals surface area contributed by atoms with E-state index in [0.717, 1.165) is 5.56 Å². The average molecular weight is 404 g/mol. The summed E-state index contributed by atoms with van der Waals surface area (Å²) in [5.41, 5.74) is 0.968. The van der Waals surface area contributed by atoms with Gasteiger partial charge in [0.05, 0.1) is 0 Å². The van der Waals surface area contributed by atoms with Gasteiger partial charge in [0.2, 0.25) is 6.41 Å². The quantitative estimate of drug-likeness (QED) is 0.159. The summed E-state index contributed by atoms with van der Waals surface area (Å²) in [5.74, 6) is 0.236. The maximum atomic E-state index is 9.88. The van der Waals surface area contributed by atoms with Crippen LogP contribution in [0.4, 0.5) is 0 Å². The molecule has 1 aromatic carbocycles. The van der Waals surface area contributed by atoms with E-state index in [2.05, 4.69) is 31.3 Å². The van der Waals surface area contributed by atoms with Gasteiger partial charge in [-0.1, -0.05) is 102 Å². The third-order valence-corrected chi connectivity index (χ3v) is 4.94. The van der Waals surface area contributed by atoms with Crippen molar-refractivity contribution in [2.45, 2.75) is 110 Å². The number of hydrogen-bond acceptors (Lipinski definition) is 2. The lowest BCUT2D eigenvalue weighted by Gasteiger charge is -1.98. The third kappa shape index (κ3) is 20.8. The number of allylic oxidation sites excluding steroid dienone is 2. The Morgan fingerprint density at radius 1 is 0.724 bits per heavy atom. The van der Waals surface area contributed by atoms with Crippen molar-refractivity contribution in [2.24, 2.45) is 0 Å². The van der Waals surface area contributed by atoms with Gasteiger partial charge in [0, 0.05) is 6.54 Å². The first-order valence-corrected chi connectivity index (χ1v) is 11.8. The molecule has 0 saturated heterocycles. The van der Waals surface area contributed by atoms with Crippen LogP contribution in [0.3, 0.4) is 0 Å². The van der Waals surface area contributed by atoms with Gasteiger partial charge in [-0.25, -0.2) is 0 Å². The van der Waals surface area contributed by atoms with Gasteiger partial charge >= 0.3 is 0 Å². The number of phenolic OH excluding ortho intramolecular Hbond substituents is 1. The fourth-order valence-corrected chi connectivity index (χ4v) is 3.09. The molecule has 0 atom stereocenters. The van der Waals surface area contributed by atoms with Crippen molar-refractivity contribution < 1.29 is 9.90 Å². The summed E-state index contributed by atoms with van der Waals surface area (Å²) in [7, 11) is 0. The van der Waals surface area contributed by atoms with Crippen LogP contribution in [0.2, 0.25) is 0 Å². The maximum Gasteiger partial charge on any atom is 0.207 e. The van der Waals surface area contributed by atoms with E-state index < -0.39 is 0 Å². The molecule has 0 aliphatic carbocycles. The smallest absolute Gasteiger partial charge is 0.207 e. The summed E-state index contributed by atoms with van der Waals surface area (Å²) >= 11 is 0. The largest absolute Gasteiger partial charge is 0.508 e. The number of nitrogens with one attached hydrogen (secondary N) is 1. The summed E-state index contributed by atoms with van der Waals surface area (Å²) in [6.07, 6.45) is 25.1. The van der Waals surface area contributed by atoms with E-state index in [4.69, 9.17) is 5.11 Å². The van der Waals surface area contributed by atoms with Crippen molar-refractivity contribution in [1.82, 2.24) is 5.32 Å². The summed E-state index contributed by atoms with van der Waals surface area (Å²) in [6, 6.07) is 6.68. The summed E-state index contributed by atoms with van der Waals surface area (Å²) in [5, 5.41) is 11.4. The summed E-state index contributed by atoms with van der Waals surface area (Å²) in [4.78, 5) is 9.88. The van der Waals surface area contributed by atoms with Gasteiger partial charge in [-0.2, -0.15) is 0 Å². The standard InChI is InChI=1S/C18H36.C8H9NO2/c1-3-5-7-9-11-13-15-17-18-16-14-12-10-8-6-4-2;10-6-9-5-7-1-3-8(11)4-2-7/h17-18H,3-16H2,1-2H3;1-4,6,11H,5H2,(H,9,10)/b18-17-;. The number of benzene rings is 1. The molecule has 3 heteroatoms. The van der Waals surface area contributed by atoms with Crippen molar-refractivity contribution in [3.05, 3.63) is 42.0 Å². The SMILES string of the molecule is CCCCCCCC/C=C\CCCCCCCC.O=CNCc1ccc(O)cc1. The van der Waals surface area contributed by atoms with Crippen LogP contribution in [0, 0.1) is 0 Å². The van der Waals surface area contributed by atoms with Crippen LogP contribution < -0.4 is 5.32 Å². The van der Waals surface area contributed by atoms with Gasteiger partial charge < -0.3 is 10.4 Å². The second-order valence-electron chi connectivity index (χ2n) is 7.75. The van der Waals surface area contributed by atoms with Crippen molar-refractivity contribution >= 4 is 6.41 Å². The molecule has 1 aromatic rings. The predicted molar refractivity (Wildman–Crippen MR) is 126 cm³/mol. The number of amides is 1. The zero-order valence-corrected chi connectivity index (χ0v) is 19.0. The molecule has 0 aromatic heterocycles. The molecule has 0 aliphatic rings. The average Bonchev–Trinajstić information content (AvgIpc) is 2.74. The van der Waals surface area contributed by atoms with E-state index in [9.17, 15) is 4.79 Å². The number of carbonyl (C=O) groups is 1. The van der Waals surface area contributed by atoms with Crippen molar-refractivity contribution in [3.8, 4) is 5.75 Å². The first-order chi connectivity index (χ1) is 14.2. The number of carbonyl (C=O) groups excluding carboxylic acids is 1. The molecule has 0 bridgehead atoms. The third-order valence-electron chi connectivity index (χ3n) is 4.94. The van der Waals surface area contributed by atoms with Crippen LogP contribution in [-0.2, 0) is 11.3 Å². The van der Waals surface area contributed by atoms with E-state index in [-0.39, 0.29) is 5.75 Å². The highest BCUT2D eigenvalue weighted by Gasteiger charge is 1.91. The van der Waals surface area contributed by atoms with E-state index in [1.54, 1.807) is 24.3 Å². The lowest BCUT2D eigenvalue weighted by atomic mass is 10.1. The molecule has 0 fully saturated rings. The molecular formula is C26H45NO2. The van der Waals surface area contributed by atoms with Crippen molar-refractivity contribution in [3.63, 3.8) is 0 Å². The fourth-order valence-electron chi connectivity index (χ4n) is 3.09. The molecule has 3 nitrogen and oxygen atoms in total. The Labute approximate surface area is 180 Å². The molecule has 0 spiro atoms. The molecule has 0 heterocycles. The normalized spacial score (nSPS) is 10.6. The highest BCUT2D eigenvalue weighted by molar-refractivity contribution is 5.46. The highest BCUT2D eigenvalue weighted by Crippen LogP contribution is 2.10. The minimum Gasteiger partial charge on any atom is -0.508 e. The molecule has 0 unspecified atom stereocenters. The number of hydrogen-bond donors (Lipinski definition) is 2. The predicted octanol–water partition coefficient (Wildman–Crippen LogP) is 7.68. The molecule has 2 N–H and O–H groups in total. The van der Waals surface area contributed by atoms with Gasteiger partial charge in [-0.15, -0.1) is 0 Å². The first kappa shape index (κ1) is 27.2. The zero-order valence-electron chi connectivity index (χ0n) is 19.0. The van der Waals surface area contributed by atoms with Gasteiger partial charge in [-0.05, 0) is 43.4 Å². The summed E-state index contributed by atoms with van der Waals surface area (Å²) < 4.78 is 0. The topological polar surface area (TPSA) is 49.3 Å². The van der Waals surface area contributed by atoms with Gasteiger partial charge in [-0.3, -0.25) is 4.79 Å². The lowest BCUT2D eigenvalue weighted by Crippen LogP contribution is -2.09. The van der Waals surface area contributed by atoms with E-state index in [1.807, 2.05) is 0 Å². The molecular weight excluding hydrogens is 358 g/mol. The van der Waals surface area contributed by atoms with Gasteiger partial charge in [0.25, 0.3) is 0 Å². The Morgan fingerprint density at radius 2 is 1.17 bits per heavy atom.